The summed E-state index contributed by atoms with van der Waals surface area (Å²) in [5, 5.41) is 9.13. The zero-order valence-corrected chi connectivity index (χ0v) is 14.1. The Bertz CT molecular complexity index is 501. The van der Waals surface area contributed by atoms with Gasteiger partial charge in [-0.25, -0.2) is 0 Å². The quantitative estimate of drug-likeness (QED) is 0.719. The Balaban J connectivity index is 2.14. The summed E-state index contributed by atoms with van der Waals surface area (Å²) in [6.07, 6.45) is 5.19. The SMILES string of the molecule is O=C(O)CC1(CC(=O)c2cc(Br)c(Cl)s2)CCCCC1. The predicted molar refractivity (Wildman–Crippen MR) is 83.7 cm³/mol. The number of carboxylic acids is 1. The van der Waals surface area contributed by atoms with Gasteiger partial charge in [-0.1, -0.05) is 30.9 Å². The van der Waals surface area contributed by atoms with Crippen LogP contribution in [-0.2, 0) is 4.79 Å². The van der Waals surface area contributed by atoms with Gasteiger partial charge in [0.1, 0.15) is 4.34 Å². The molecule has 0 unspecified atom stereocenters. The largest absolute Gasteiger partial charge is 0.481 e. The molecule has 0 saturated heterocycles. The number of thiophene rings is 1. The lowest BCUT2D eigenvalue weighted by atomic mass is 9.69. The normalized spacial score (nSPS) is 17.9. The number of rotatable bonds is 5. The number of carboxylic acid groups (broad SMARTS) is 1. The van der Waals surface area contributed by atoms with E-state index in [9.17, 15) is 9.59 Å². The molecule has 2 rings (SSSR count). The summed E-state index contributed by atoms with van der Waals surface area (Å²) in [5.41, 5.74) is -0.371. The number of halogens is 2. The maximum absolute atomic E-state index is 12.4. The van der Waals surface area contributed by atoms with Crippen molar-refractivity contribution in [2.45, 2.75) is 44.9 Å². The topological polar surface area (TPSA) is 54.4 Å². The van der Waals surface area contributed by atoms with Crippen molar-refractivity contribution in [3.63, 3.8) is 0 Å². The number of hydrogen-bond acceptors (Lipinski definition) is 3. The molecule has 1 fully saturated rings. The van der Waals surface area contributed by atoms with Gasteiger partial charge < -0.3 is 5.11 Å². The van der Waals surface area contributed by atoms with Gasteiger partial charge in [-0.3, -0.25) is 9.59 Å². The van der Waals surface area contributed by atoms with Gasteiger partial charge in [-0.05, 0) is 40.3 Å². The summed E-state index contributed by atoms with van der Waals surface area (Å²) in [5.74, 6) is -0.809. The van der Waals surface area contributed by atoms with Crippen LogP contribution in [0.5, 0.6) is 0 Å². The van der Waals surface area contributed by atoms with Gasteiger partial charge >= 0.3 is 5.97 Å². The molecule has 0 aliphatic heterocycles. The van der Waals surface area contributed by atoms with Gasteiger partial charge in [0.25, 0.3) is 0 Å². The van der Waals surface area contributed by atoms with Gasteiger partial charge in [0.2, 0.25) is 0 Å². The first-order chi connectivity index (χ1) is 9.42. The summed E-state index contributed by atoms with van der Waals surface area (Å²) in [7, 11) is 0. The molecule has 1 aromatic rings. The zero-order chi connectivity index (χ0) is 14.8. The first-order valence-electron chi connectivity index (χ1n) is 6.62. The molecular weight excluding hydrogens is 364 g/mol. The van der Waals surface area contributed by atoms with Crippen LogP contribution in [0.15, 0.2) is 10.5 Å². The Morgan fingerprint density at radius 3 is 2.45 bits per heavy atom. The molecule has 1 aromatic heterocycles. The lowest BCUT2D eigenvalue weighted by Gasteiger charge is -2.35. The molecule has 1 N–H and O–H groups in total. The van der Waals surface area contributed by atoms with E-state index < -0.39 is 5.97 Å². The van der Waals surface area contributed by atoms with Crippen molar-refractivity contribution >= 4 is 50.6 Å². The van der Waals surface area contributed by atoms with Crippen LogP contribution in [0.2, 0.25) is 4.34 Å². The molecule has 0 spiro atoms. The van der Waals surface area contributed by atoms with Crippen LogP contribution in [-0.4, -0.2) is 16.9 Å². The van der Waals surface area contributed by atoms with E-state index in [4.69, 9.17) is 16.7 Å². The Morgan fingerprint density at radius 2 is 1.95 bits per heavy atom. The van der Waals surface area contributed by atoms with Crippen molar-refractivity contribution in [1.82, 2.24) is 0 Å². The highest BCUT2D eigenvalue weighted by atomic mass is 79.9. The van der Waals surface area contributed by atoms with Crippen LogP contribution in [0, 0.1) is 5.41 Å². The molecule has 3 nitrogen and oxygen atoms in total. The molecular formula is C14H16BrClO3S. The van der Waals surface area contributed by atoms with Crippen molar-refractivity contribution in [3.8, 4) is 0 Å². The second kappa shape index (κ2) is 6.58. The van der Waals surface area contributed by atoms with Gasteiger partial charge in [-0.15, -0.1) is 11.3 Å². The predicted octanol–water partition coefficient (Wildman–Crippen LogP) is 5.16. The fourth-order valence-corrected chi connectivity index (χ4v) is 4.59. The van der Waals surface area contributed by atoms with Gasteiger partial charge in [-0.2, -0.15) is 0 Å². The van der Waals surface area contributed by atoms with Crippen molar-refractivity contribution in [3.05, 3.63) is 19.8 Å². The molecule has 0 atom stereocenters. The molecule has 110 valence electrons. The first-order valence-corrected chi connectivity index (χ1v) is 8.60. The first kappa shape index (κ1) is 16.0. The maximum atomic E-state index is 12.4. The second-order valence-corrected chi connectivity index (χ2v) is 7.97. The minimum absolute atomic E-state index is 0.00532. The monoisotopic (exact) mass is 378 g/mol. The summed E-state index contributed by atoms with van der Waals surface area (Å²) in [4.78, 5) is 24.1. The van der Waals surface area contributed by atoms with E-state index >= 15 is 0 Å². The Kier molecular flexibility index (Phi) is 5.26. The van der Waals surface area contributed by atoms with Crippen LogP contribution in [0.1, 0.15) is 54.6 Å². The molecule has 1 aliphatic rings. The number of carbonyl (C=O) groups is 2. The lowest BCUT2D eigenvalue weighted by Crippen LogP contribution is -2.30. The van der Waals surface area contributed by atoms with E-state index in [2.05, 4.69) is 15.9 Å². The summed E-state index contributed by atoms with van der Waals surface area (Å²) in [6, 6.07) is 1.73. The van der Waals surface area contributed by atoms with Crippen LogP contribution in [0.3, 0.4) is 0 Å². The molecule has 1 heterocycles. The standard InChI is InChI=1S/C14H16BrClO3S/c15-9-6-11(20-13(9)16)10(17)7-14(8-12(18)19)4-2-1-3-5-14/h6H,1-5,7-8H2,(H,18,19). The van der Waals surface area contributed by atoms with Crippen LogP contribution >= 0.6 is 38.9 Å². The second-order valence-electron chi connectivity index (χ2n) is 5.46. The van der Waals surface area contributed by atoms with E-state index in [1.165, 1.54) is 11.3 Å². The number of hydrogen-bond donors (Lipinski definition) is 1. The van der Waals surface area contributed by atoms with E-state index in [1.54, 1.807) is 6.07 Å². The Hall–Kier alpha value is -0.390. The molecule has 0 aromatic carbocycles. The Morgan fingerprint density at radius 1 is 1.30 bits per heavy atom. The van der Waals surface area contributed by atoms with E-state index in [0.717, 1.165) is 36.6 Å². The molecule has 20 heavy (non-hydrogen) atoms. The highest BCUT2D eigenvalue weighted by molar-refractivity contribution is 9.10. The number of ketones is 1. The minimum Gasteiger partial charge on any atom is -0.481 e. The van der Waals surface area contributed by atoms with Crippen LogP contribution < -0.4 is 0 Å². The molecule has 1 aliphatic carbocycles. The van der Waals surface area contributed by atoms with E-state index in [-0.39, 0.29) is 17.6 Å². The third-order valence-corrected chi connectivity index (χ3v) is 6.41. The average Bonchev–Trinajstić information content (AvgIpc) is 2.69. The summed E-state index contributed by atoms with van der Waals surface area (Å²) >= 11 is 10.5. The van der Waals surface area contributed by atoms with Crippen molar-refractivity contribution < 1.29 is 14.7 Å². The van der Waals surface area contributed by atoms with E-state index in [1.807, 2.05) is 0 Å². The average molecular weight is 380 g/mol. The number of aliphatic carboxylic acids is 1. The molecule has 0 bridgehead atoms. The number of carbonyl (C=O) groups excluding carboxylic acids is 1. The van der Waals surface area contributed by atoms with Crippen molar-refractivity contribution in [2.24, 2.45) is 5.41 Å². The van der Waals surface area contributed by atoms with Crippen molar-refractivity contribution in [1.29, 1.82) is 0 Å². The molecule has 0 radical (unpaired) electrons. The molecule has 6 heteroatoms. The van der Waals surface area contributed by atoms with Crippen LogP contribution in [0.25, 0.3) is 0 Å². The third-order valence-electron chi connectivity index (χ3n) is 3.90. The minimum atomic E-state index is -0.815. The van der Waals surface area contributed by atoms with E-state index in [0.29, 0.717) is 15.6 Å². The maximum Gasteiger partial charge on any atom is 0.303 e. The third kappa shape index (κ3) is 3.83. The fraction of sp³-hybridized carbons (Fsp3) is 0.571. The fourth-order valence-electron chi connectivity index (χ4n) is 2.95. The zero-order valence-electron chi connectivity index (χ0n) is 11.0. The van der Waals surface area contributed by atoms with Gasteiger partial charge in [0.05, 0.1) is 11.3 Å². The number of Topliss-reactive ketones (excluding diaryl/α,β-unsaturated/α-hetero) is 1. The lowest BCUT2D eigenvalue weighted by molar-refractivity contribution is -0.140. The summed E-state index contributed by atoms with van der Waals surface area (Å²) in [6.45, 7) is 0. The van der Waals surface area contributed by atoms with Gasteiger partial charge in [0.15, 0.2) is 5.78 Å². The Labute approximate surface area is 135 Å². The molecule has 0 amide bonds. The molecule has 1 saturated carbocycles. The van der Waals surface area contributed by atoms with Crippen LogP contribution in [0.4, 0.5) is 0 Å². The highest BCUT2D eigenvalue weighted by Crippen LogP contribution is 2.44. The van der Waals surface area contributed by atoms with Crippen molar-refractivity contribution in [2.75, 3.05) is 0 Å². The smallest absolute Gasteiger partial charge is 0.303 e. The summed E-state index contributed by atoms with van der Waals surface area (Å²) < 4.78 is 1.28. The highest BCUT2D eigenvalue weighted by Gasteiger charge is 2.37. The van der Waals surface area contributed by atoms with Gasteiger partial charge in [0, 0.05) is 10.9 Å².